The van der Waals surface area contributed by atoms with Gasteiger partial charge in [-0.2, -0.15) is 12.7 Å². The van der Waals surface area contributed by atoms with E-state index >= 15 is 0 Å². The molecule has 0 radical (unpaired) electrons. The van der Waals surface area contributed by atoms with Crippen LogP contribution in [0.1, 0.15) is 0 Å². The molecule has 1 N–H and O–H groups in total. The molecule has 0 fully saturated rings. The Morgan fingerprint density at radius 2 is 1.95 bits per heavy atom. The van der Waals surface area contributed by atoms with Gasteiger partial charge in [-0.05, 0) is 12.1 Å². The van der Waals surface area contributed by atoms with E-state index in [0.717, 1.165) is 20.5 Å². The molecule has 8 heteroatoms. The standard InChI is InChI=1S/C13H14N4O2S2/c1-16(2)21(18,19)15-11-5-3-10(4-6-11)12-9-17-7-8-20-13(17)14-12/h3-9,15H,1-2H3. The number of benzene rings is 1. The van der Waals surface area contributed by atoms with E-state index in [2.05, 4.69) is 9.71 Å². The fourth-order valence-electron chi connectivity index (χ4n) is 1.82. The van der Waals surface area contributed by atoms with Gasteiger partial charge < -0.3 is 0 Å². The minimum Gasteiger partial charge on any atom is -0.297 e. The lowest BCUT2D eigenvalue weighted by Crippen LogP contribution is -2.28. The highest BCUT2D eigenvalue weighted by Gasteiger charge is 2.13. The first kappa shape index (κ1) is 14.1. The van der Waals surface area contributed by atoms with Gasteiger partial charge in [0.1, 0.15) is 0 Å². The van der Waals surface area contributed by atoms with E-state index < -0.39 is 10.2 Å². The first-order valence-corrected chi connectivity index (χ1v) is 8.50. The smallest absolute Gasteiger partial charge is 0.297 e. The van der Waals surface area contributed by atoms with Crippen LogP contribution in [-0.4, -0.2) is 36.2 Å². The molecule has 0 saturated heterocycles. The third kappa shape index (κ3) is 2.78. The van der Waals surface area contributed by atoms with Crippen molar-refractivity contribution in [2.75, 3.05) is 18.8 Å². The maximum absolute atomic E-state index is 11.7. The highest BCUT2D eigenvalue weighted by atomic mass is 32.2. The Morgan fingerprint density at radius 1 is 1.24 bits per heavy atom. The van der Waals surface area contributed by atoms with Gasteiger partial charge in [-0.1, -0.05) is 12.1 Å². The van der Waals surface area contributed by atoms with Crippen LogP contribution in [0.5, 0.6) is 0 Å². The van der Waals surface area contributed by atoms with Crippen LogP contribution in [0.3, 0.4) is 0 Å². The third-order valence-electron chi connectivity index (χ3n) is 3.00. The summed E-state index contributed by atoms with van der Waals surface area (Å²) in [5.74, 6) is 0. The lowest BCUT2D eigenvalue weighted by molar-refractivity contribution is 0.527. The van der Waals surface area contributed by atoms with Crippen molar-refractivity contribution in [3.63, 3.8) is 0 Å². The Morgan fingerprint density at radius 3 is 2.57 bits per heavy atom. The van der Waals surface area contributed by atoms with Crippen LogP contribution in [0.4, 0.5) is 5.69 Å². The predicted octanol–water partition coefficient (Wildman–Crippen LogP) is 2.28. The molecular weight excluding hydrogens is 308 g/mol. The summed E-state index contributed by atoms with van der Waals surface area (Å²) >= 11 is 1.57. The van der Waals surface area contributed by atoms with E-state index in [4.69, 9.17) is 0 Å². The van der Waals surface area contributed by atoms with E-state index in [1.807, 2.05) is 34.3 Å². The van der Waals surface area contributed by atoms with Crippen molar-refractivity contribution in [3.8, 4) is 11.3 Å². The fraction of sp³-hybridized carbons (Fsp3) is 0.154. The monoisotopic (exact) mass is 322 g/mol. The van der Waals surface area contributed by atoms with E-state index in [1.165, 1.54) is 14.1 Å². The van der Waals surface area contributed by atoms with Crippen molar-refractivity contribution in [1.82, 2.24) is 13.7 Å². The highest BCUT2D eigenvalue weighted by Crippen LogP contribution is 2.23. The predicted molar refractivity (Wildman–Crippen MR) is 84.7 cm³/mol. The van der Waals surface area contributed by atoms with Crippen LogP contribution >= 0.6 is 11.3 Å². The SMILES string of the molecule is CN(C)S(=O)(=O)Nc1ccc(-c2cn3ccsc3n2)cc1. The van der Waals surface area contributed by atoms with Gasteiger partial charge >= 0.3 is 10.2 Å². The Balaban J connectivity index is 1.85. The van der Waals surface area contributed by atoms with Crippen molar-refractivity contribution in [1.29, 1.82) is 0 Å². The summed E-state index contributed by atoms with van der Waals surface area (Å²) in [4.78, 5) is 5.44. The second-order valence-electron chi connectivity index (χ2n) is 4.69. The van der Waals surface area contributed by atoms with E-state index in [9.17, 15) is 8.42 Å². The molecule has 110 valence electrons. The van der Waals surface area contributed by atoms with Gasteiger partial charge in [-0.25, -0.2) is 4.98 Å². The number of aromatic nitrogens is 2. The zero-order valence-corrected chi connectivity index (χ0v) is 13.1. The van der Waals surface area contributed by atoms with Gasteiger partial charge in [0.05, 0.1) is 5.69 Å². The van der Waals surface area contributed by atoms with Crippen molar-refractivity contribution in [2.45, 2.75) is 0 Å². The fourth-order valence-corrected chi connectivity index (χ4v) is 3.13. The Bertz CT molecular complexity index is 835. The Hall–Kier alpha value is -1.90. The van der Waals surface area contributed by atoms with E-state index in [0.29, 0.717) is 5.69 Å². The quantitative estimate of drug-likeness (QED) is 0.801. The molecule has 2 heterocycles. The lowest BCUT2D eigenvalue weighted by Gasteiger charge is -2.13. The molecule has 6 nitrogen and oxygen atoms in total. The average Bonchev–Trinajstić information content (AvgIpc) is 2.99. The molecule has 1 aromatic carbocycles. The van der Waals surface area contributed by atoms with Gasteiger partial charge in [0, 0.05) is 43.1 Å². The largest absolute Gasteiger partial charge is 0.301 e. The molecule has 3 aromatic rings. The second kappa shape index (κ2) is 5.14. The molecule has 0 aliphatic heterocycles. The number of nitrogens with zero attached hydrogens (tertiary/aromatic N) is 3. The van der Waals surface area contributed by atoms with Crippen LogP contribution in [0.25, 0.3) is 16.2 Å². The number of anilines is 1. The van der Waals surface area contributed by atoms with Gasteiger partial charge in [0.25, 0.3) is 0 Å². The second-order valence-corrected chi connectivity index (χ2v) is 7.44. The summed E-state index contributed by atoms with van der Waals surface area (Å²) in [6.45, 7) is 0. The normalized spacial score (nSPS) is 12.1. The Kier molecular flexibility index (Phi) is 3.44. The Labute approximate surface area is 126 Å². The number of hydrogen-bond acceptors (Lipinski definition) is 4. The maximum atomic E-state index is 11.7. The summed E-state index contributed by atoms with van der Waals surface area (Å²) in [6.07, 6.45) is 3.90. The summed E-state index contributed by atoms with van der Waals surface area (Å²) in [7, 11) is -0.514. The highest BCUT2D eigenvalue weighted by molar-refractivity contribution is 7.90. The van der Waals surface area contributed by atoms with Crippen LogP contribution < -0.4 is 4.72 Å². The summed E-state index contributed by atoms with van der Waals surface area (Å²) < 4.78 is 29.1. The molecule has 3 rings (SSSR count). The van der Waals surface area contributed by atoms with Crippen molar-refractivity contribution in [3.05, 3.63) is 42.0 Å². The minimum absolute atomic E-state index is 0.522. The molecular formula is C13H14N4O2S2. The van der Waals surface area contributed by atoms with Crippen molar-refractivity contribution >= 4 is 32.2 Å². The zero-order chi connectivity index (χ0) is 15.0. The number of hydrogen-bond donors (Lipinski definition) is 1. The molecule has 0 amide bonds. The lowest BCUT2D eigenvalue weighted by atomic mass is 10.1. The van der Waals surface area contributed by atoms with Crippen LogP contribution in [-0.2, 0) is 10.2 Å². The molecule has 0 atom stereocenters. The van der Waals surface area contributed by atoms with Crippen LogP contribution in [0, 0.1) is 0 Å². The van der Waals surface area contributed by atoms with Gasteiger partial charge in [-0.15, -0.1) is 11.3 Å². The van der Waals surface area contributed by atoms with Gasteiger partial charge in [0.2, 0.25) is 0 Å². The first-order chi connectivity index (χ1) is 9.95. The van der Waals surface area contributed by atoms with Gasteiger partial charge in [0.15, 0.2) is 4.96 Å². The van der Waals surface area contributed by atoms with E-state index in [1.54, 1.807) is 23.5 Å². The van der Waals surface area contributed by atoms with Crippen LogP contribution in [0.2, 0.25) is 0 Å². The summed E-state index contributed by atoms with van der Waals surface area (Å²) in [5.41, 5.74) is 2.33. The van der Waals surface area contributed by atoms with Gasteiger partial charge in [-0.3, -0.25) is 9.12 Å². The molecule has 0 bridgehead atoms. The third-order valence-corrected chi connectivity index (χ3v) is 5.23. The number of rotatable bonds is 4. The number of fused-ring (bicyclic) bond motifs is 1. The summed E-state index contributed by atoms with van der Waals surface area (Å²) in [6, 6.07) is 7.15. The maximum Gasteiger partial charge on any atom is 0.301 e. The molecule has 0 spiro atoms. The number of nitrogens with one attached hydrogen (secondary N) is 1. The van der Waals surface area contributed by atoms with Crippen LogP contribution in [0.15, 0.2) is 42.0 Å². The first-order valence-electron chi connectivity index (χ1n) is 6.18. The molecule has 2 aromatic heterocycles. The molecule has 0 unspecified atom stereocenters. The summed E-state index contributed by atoms with van der Waals surface area (Å²) in [5, 5.41) is 1.98. The van der Waals surface area contributed by atoms with E-state index in [-0.39, 0.29) is 0 Å². The number of thiazole rings is 1. The topological polar surface area (TPSA) is 66.7 Å². The number of imidazole rings is 1. The average molecular weight is 322 g/mol. The molecule has 0 aliphatic carbocycles. The van der Waals surface area contributed by atoms with Crippen molar-refractivity contribution < 1.29 is 8.42 Å². The minimum atomic E-state index is -3.48. The zero-order valence-electron chi connectivity index (χ0n) is 11.5. The molecule has 0 aliphatic rings. The molecule has 0 saturated carbocycles. The molecule has 21 heavy (non-hydrogen) atoms. The van der Waals surface area contributed by atoms with Crippen molar-refractivity contribution in [2.24, 2.45) is 0 Å².